The minimum atomic E-state index is -0.817. The molecule has 2 N–H and O–H groups in total. The standard InChI is InChI=1S/C16H16N4O2/c1-12(14-7-3-2-4-8-14)19-15(21)16(22)20-18-11-13-6-5-9-17-10-13/h2-12H,1H3,(H,19,21)(H,20,22)/b18-11-/t12-/m1/s1. The van der Waals surface area contributed by atoms with Crippen LogP contribution in [0.4, 0.5) is 0 Å². The Labute approximate surface area is 128 Å². The summed E-state index contributed by atoms with van der Waals surface area (Å²) in [7, 11) is 0. The van der Waals surface area contributed by atoms with Gasteiger partial charge in [-0.3, -0.25) is 14.6 Å². The first-order valence-corrected chi connectivity index (χ1v) is 6.75. The number of pyridine rings is 1. The van der Waals surface area contributed by atoms with E-state index in [1.54, 1.807) is 31.5 Å². The van der Waals surface area contributed by atoms with E-state index in [9.17, 15) is 9.59 Å². The number of hydrogen-bond donors (Lipinski definition) is 2. The zero-order valence-electron chi connectivity index (χ0n) is 12.1. The number of aromatic nitrogens is 1. The predicted molar refractivity (Wildman–Crippen MR) is 83.0 cm³/mol. The maximum atomic E-state index is 11.8. The first-order valence-electron chi connectivity index (χ1n) is 6.75. The third-order valence-corrected chi connectivity index (χ3v) is 2.92. The molecule has 0 bridgehead atoms. The molecule has 0 saturated heterocycles. The summed E-state index contributed by atoms with van der Waals surface area (Å²) >= 11 is 0. The molecule has 0 spiro atoms. The predicted octanol–water partition coefficient (Wildman–Crippen LogP) is 1.41. The molecule has 1 aromatic heterocycles. The number of hydrogen-bond acceptors (Lipinski definition) is 4. The number of amides is 2. The summed E-state index contributed by atoms with van der Waals surface area (Å²) in [6.45, 7) is 1.80. The van der Waals surface area contributed by atoms with Gasteiger partial charge >= 0.3 is 11.8 Å². The van der Waals surface area contributed by atoms with E-state index in [2.05, 4.69) is 20.8 Å². The third kappa shape index (κ3) is 4.52. The van der Waals surface area contributed by atoms with Crippen LogP contribution in [0.25, 0.3) is 0 Å². The van der Waals surface area contributed by atoms with Crippen LogP contribution in [0.1, 0.15) is 24.1 Å². The molecule has 0 unspecified atom stereocenters. The van der Waals surface area contributed by atoms with Crippen molar-refractivity contribution in [2.75, 3.05) is 0 Å². The van der Waals surface area contributed by atoms with Crippen LogP contribution in [-0.4, -0.2) is 23.0 Å². The molecule has 22 heavy (non-hydrogen) atoms. The maximum absolute atomic E-state index is 11.8. The van der Waals surface area contributed by atoms with Crippen molar-refractivity contribution in [2.24, 2.45) is 5.10 Å². The van der Waals surface area contributed by atoms with Crippen molar-refractivity contribution in [1.29, 1.82) is 0 Å². The molecule has 0 radical (unpaired) electrons. The van der Waals surface area contributed by atoms with Gasteiger partial charge in [0.1, 0.15) is 0 Å². The van der Waals surface area contributed by atoms with Gasteiger partial charge in [0.25, 0.3) is 0 Å². The van der Waals surface area contributed by atoms with Gasteiger partial charge in [-0.15, -0.1) is 0 Å². The van der Waals surface area contributed by atoms with Crippen LogP contribution >= 0.6 is 0 Å². The highest BCUT2D eigenvalue weighted by molar-refractivity contribution is 6.35. The second-order valence-electron chi connectivity index (χ2n) is 4.59. The maximum Gasteiger partial charge on any atom is 0.329 e. The highest BCUT2D eigenvalue weighted by Crippen LogP contribution is 2.10. The Hall–Kier alpha value is -3.02. The number of nitrogens with zero attached hydrogens (tertiary/aromatic N) is 2. The van der Waals surface area contributed by atoms with Crippen molar-refractivity contribution in [3.05, 3.63) is 66.0 Å². The van der Waals surface area contributed by atoms with Crippen molar-refractivity contribution in [1.82, 2.24) is 15.7 Å². The molecule has 6 heteroatoms. The Kier molecular flexibility index (Phi) is 5.37. The van der Waals surface area contributed by atoms with Gasteiger partial charge in [0, 0.05) is 18.0 Å². The van der Waals surface area contributed by atoms with Crippen LogP contribution in [0.3, 0.4) is 0 Å². The minimum Gasteiger partial charge on any atom is -0.341 e. The van der Waals surface area contributed by atoms with E-state index in [4.69, 9.17) is 0 Å². The first-order chi connectivity index (χ1) is 10.7. The number of nitrogens with one attached hydrogen (secondary N) is 2. The Morgan fingerprint density at radius 3 is 2.59 bits per heavy atom. The average Bonchev–Trinajstić information content (AvgIpc) is 2.56. The third-order valence-electron chi connectivity index (χ3n) is 2.92. The molecular weight excluding hydrogens is 280 g/mol. The summed E-state index contributed by atoms with van der Waals surface area (Å²) in [5.74, 6) is -1.55. The molecule has 112 valence electrons. The van der Waals surface area contributed by atoms with Gasteiger partial charge < -0.3 is 5.32 Å². The molecule has 0 saturated carbocycles. The van der Waals surface area contributed by atoms with Gasteiger partial charge in [-0.1, -0.05) is 36.4 Å². The van der Waals surface area contributed by atoms with Gasteiger partial charge in [0.15, 0.2) is 0 Å². The summed E-state index contributed by atoms with van der Waals surface area (Å²) < 4.78 is 0. The van der Waals surface area contributed by atoms with Gasteiger partial charge in [-0.05, 0) is 18.6 Å². The lowest BCUT2D eigenvalue weighted by Crippen LogP contribution is -2.39. The minimum absolute atomic E-state index is 0.262. The zero-order chi connectivity index (χ0) is 15.8. The van der Waals surface area contributed by atoms with Gasteiger partial charge in [0.05, 0.1) is 12.3 Å². The molecule has 1 heterocycles. The molecular formula is C16H16N4O2. The highest BCUT2D eigenvalue weighted by atomic mass is 16.2. The lowest BCUT2D eigenvalue weighted by molar-refractivity contribution is -0.139. The zero-order valence-corrected chi connectivity index (χ0v) is 12.1. The Balaban J connectivity index is 1.85. The van der Waals surface area contributed by atoms with Crippen molar-refractivity contribution in [2.45, 2.75) is 13.0 Å². The quantitative estimate of drug-likeness (QED) is 0.508. The van der Waals surface area contributed by atoms with Gasteiger partial charge in [0.2, 0.25) is 0 Å². The summed E-state index contributed by atoms with van der Waals surface area (Å²) in [4.78, 5) is 27.3. The van der Waals surface area contributed by atoms with Crippen LogP contribution in [0.5, 0.6) is 0 Å². The van der Waals surface area contributed by atoms with E-state index in [0.717, 1.165) is 11.1 Å². The lowest BCUT2D eigenvalue weighted by atomic mass is 10.1. The fraction of sp³-hybridized carbons (Fsp3) is 0.125. The molecule has 0 aliphatic carbocycles. The van der Waals surface area contributed by atoms with E-state index in [1.807, 2.05) is 30.3 Å². The molecule has 1 atom stereocenters. The molecule has 2 rings (SSSR count). The fourth-order valence-electron chi connectivity index (χ4n) is 1.76. The van der Waals surface area contributed by atoms with Crippen molar-refractivity contribution in [3.63, 3.8) is 0 Å². The Morgan fingerprint density at radius 1 is 1.14 bits per heavy atom. The normalized spacial score (nSPS) is 11.9. The Bertz CT molecular complexity index is 656. The second kappa shape index (κ2) is 7.68. The van der Waals surface area contributed by atoms with Gasteiger partial charge in [-0.25, -0.2) is 5.43 Å². The molecule has 0 aliphatic heterocycles. The van der Waals surface area contributed by atoms with E-state index < -0.39 is 11.8 Å². The molecule has 1 aromatic carbocycles. The highest BCUT2D eigenvalue weighted by Gasteiger charge is 2.16. The summed E-state index contributed by atoms with van der Waals surface area (Å²) in [6.07, 6.45) is 4.64. The first kappa shape index (κ1) is 15.4. The molecule has 2 aromatic rings. The number of rotatable bonds is 4. The average molecular weight is 296 g/mol. The van der Waals surface area contributed by atoms with Crippen molar-refractivity contribution >= 4 is 18.0 Å². The lowest BCUT2D eigenvalue weighted by Gasteiger charge is -2.13. The van der Waals surface area contributed by atoms with E-state index in [0.29, 0.717) is 0 Å². The van der Waals surface area contributed by atoms with Crippen LogP contribution in [0.2, 0.25) is 0 Å². The van der Waals surface area contributed by atoms with E-state index in [-0.39, 0.29) is 6.04 Å². The van der Waals surface area contributed by atoms with Crippen LogP contribution < -0.4 is 10.7 Å². The van der Waals surface area contributed by atoms with Gasteiger partial charge in [-0.2, -0.15) is 5.10 Å². The topological polar surface area (TPSA) is 83.5 Å². The monoisotopic (exact) mass is 296 g/mol. The smallest absolute Gasteiger partial charge is 0.329 e. The number of carbonyl (C=O) groups is 2. The van der Waals surface area contributed by atoms with E-state index >= 15 is 0 Å². The SMILES string of the molecule is C[C@@H](NC(=O)C(=O)N/N=C\c1cccnc1)c1ccccc1. The number of carbonyl (C=O) groups excluding carboxylic acids is 2. The van der Waals surface area contributed by atoms with Crippen LogP contribution in [-0.2, 0) is 9.59 Å². The van der Waals surface area contributed by atoms with Crippen LogP contribution in [0, 0.1) is 0 Å². The molecule has 0 fully saturated rings. The molecule has 2 amide bonds. The summed E-state index contributed by atoms with van der Waals surface area (Å²) in [5, 5.41) is 6.32. The summed E-state index contributed by atoms with van der Waals surface area (Å²) in [6, 6.07) is 12.6. The van der Waals surface area contributed by atoms with Crippen molar-refractivity contribution < 1.29 is 9.59 Å². The van der Waals surface area contributed by atoms with Crippen LogP contribution in [0.15, 0.2) is 60.0 Å². The second-order valence-corrected chi connectivity index (χ2v) is 4.59. The Morgan fingerprint density at radius 2 is 1.91 bits per heavy atom. The summed E-state index contributed by atoms with van der Waals surface area (Å²) in [5.41, 5.74) is 3.82. The molecule has 6 nitrogen and oxygen atoms in total. The van der Waals surface area contributed by atoms with Crippen molar-refractivity contribution in [3.8, 4) is 0 Å². The van der Waals surface area contributed by atoms with E-state index in [1.165, 1.54) is 6.21 Å². The molecule has 0 aliphatic rings. The number of hydrazone groups is 1. The fourth-order valence-corrected chi connectivity index (χ4v) is 1.76. The largest absolute Gasteiger partial charge is 0.341 e. The number of benzene rings is 1.